The van der Waals surface area contributed by atoms with Crippen molar-refractivity contribution in [3.05, 3.63) is 195 Å². The number of allylic oxidation sites excluding steroid dienone is 5. The molecule has 0 saturated heterocycles. The Balaban J connectivity index is 1.09. The monoisotopic (exact) mass is 1150 g/mol. The van der Waals surface area contributed by atoms with Gasteiger partial charge in [-0.05, 0) is 230 Å². The van der Waals surface area contributed by atoms with Gasteiger partial charge in [0.05, 0.1) is 17.0 Å². The first-order valence-corrected chi connectivity index (χ1v) is 33.5. The highest BCUT2D eigenvalue weighted by molar-refractivity contribution is 6.99. The third-order valence-corrected chi connectivity index (χ3v) is 24.2. The van der Waals surface area contributed by atoms with E-state index in [0.29, 0.717) is 11.8 Å². The van der Waals surface area contributed by atoms with Crippen LogP contribution >= 0.6 is 0 Å². The van der Waals surface area contributed by atoms with Gasteiger partial charge < -0.3 is 19.1 Å². The van der Waals surface area contributed by atoms with E-state index in [1.807, 2.05) is 0 Å². The topological polar surface area (TPSA) is 22.9 Å². The summed E-state index contributed by atoms with van der Waals surface area (Å²) in [6.45, 7) is 39.8. The van der Waals surface area contributed by atoms with E-state index in [2.05, 4.69) is 271 Å². The van der Waals surface area contributed by atoms with E-state index >= 15 is 0 Å². The lowest BCUT2D eigenvalue weighted by Crippen LogP contribution is -2.61. The highest BCUT2D eigenvalue weighted by Crippen LogP contribution is 2.60. The van der Waals surface area contributed by atoms with Crippen molar-refractivity contribution in [1.82, 2.24) is 0 Å². The van der Waals surface area contributed by atoms with Gasteiger partial charge in [-0.2, -0.15) is 0 Å². The molecule has 5 heteroatoms. The Kier molecular flexibility index (Phi) is 12.3. The van der Waals surface area contributed by atoms with Gasteiger partial charge in [-0.1, -0.05) is 189 Å². The number of hydrogen-bond donors (Lipinski definition) is 0. The molecule has 1 aromatic heterocycles. The number of nitrogens with zero attached hydrogens (tertiary/aromatic N) is 3. The van der Waals surface area contributed by atoms with Crippen LogP contribution in [0.25, 0.3) is 6.08 Å². The van der Waals surface area contributed by atoms with Crippen molar-refractivity contribution in [2.75, 3.05) is 14.7 Å². The molecule has 0 N–H and O–H groups in total. The number of fused-ring (bicyclic) bond motifs is 10. The molecule has 3 heterocycles. The average Bonchev–Trinajstić information content (AvgIpc) is 1.68. The summed E-state index contributed by atoms with van der Waals surface area (Å²) in [5.41, 5.74) is 27.9. The Labute approximate surface area is 522 Å². The number of furan rings is 1. The Morgan fingerprint density at radius 2 is 0.989 bits per heavy atom. The number of para-hydroxylation sites is 1. The maximum absolute atomic E-state index is 8.04. The molecular formula is C82H94BN3O. The smallest absolute Gasteiger partial charge is 0.297 e. The highest BCUT2D eigenvalue weighted by Gasteiger charge is 2.53. The standard InChI is InChI=1S/C82H94BN3O/c1-75(2)35-37-77(5,6)61-43-55(31-33-59(61)75)85-68-49-65-64(80(11,12)40-41-81(65,13)14)48-67(68)83-72-69(85)45-57(84(53-25-21-18-22-26-53)54-29-27-52(28-30-54)51-23-19-17-20-24-51)46-70(72)86(56-32-34-60-62(44-56)78(7,8)38-36-76(60,3)4)73-58-47-63-66(50-71(58)87-74(73)83)82(15,16)42-39-79(63,9)10/h17-23,25-34,43-49,51,66H,24,35-42,50H2,1-16H3. The molecule has 0 radical (unpaired) electrons. The van der Waals surface area contributed by atoms with Crippen molar-refractivity contribution < 1.29 is 4.42 Å². The van der Waals surface area contributed by atoms with Crippen LogP contribution in [0.5, 0.6) is 0 Å². The van der Waals surface area contributed by atoms with Crippen LogP contribution < -0.4 is 31.3 Å². The second kappa shape index (κ2) is 18.9. The predicted octanol–water partition coefficient (Wildman–Crippen LogP) is 20.9. The van der Waals surface area contributed by atoms with E-state index in [-0.39, 0.29) is 50.0 Å². The van der Waals surface area contributed by atoms with Gasteiger partial charge in [0, 0.05) is 57.7 Å². The quantitative estimate of drug-likeness (QED) is 0.155. The van der Waals surface area contributed by atoms with E-state index in [1.165, 1.54) is 115 Å². The lowest BCUT2D eigenvalue weighted by Gasteiger charge is -2.50. The largest absolute Gasteiger partial charge is 0.472 e. The number of hydrogen-bond acceptors (Lipinski definition) is 4. The zero-order valence-corrected chi connectivity index (χ0v) is 55.4. The van der Waals surface area contributed by atoms with Crippen LogP contribution in [-0.4, -0.2) is 6.71 Å². The summed E-state index contributed by atoms with van der Waals surface area (Å²) in [5, 5.41) is 0. The molecule has 1 saturated carbocycles. The SMILES string of the molecule is CC1(C)CCC(C)(C)C2Cc3oc4c(c3C=C21)N(c1ccc2c(c1)C(C)(C)CCC2(C)C)c1cc(N(c2ccccc2)c2ccc(C3C=CC=CC3)cc2)cc2c1B4c1cc3c(cc1N2c1ccc2c(c1)C(C)(C)CCC2(C)C)C(C)(C)CCC3(C)C. The molecule has 2 aliphatic heterocycles. The molecule has 7 aromatic rings. The fourth-order valence-corrected chi connectivity index (χ4v) is 17.9. The maximum atomic E-state index is 8.04. The van der Waals surface area contributed by atoms with Gasteiger partial charge in [0.25, 0.3) is 6.71 Å². The van der Waals surface area contributed by atoms with Crippen molar-refractivity contribution in [2.24, 2.45) is 16.7 Å². The minimum atomic E-state index is -0.178. The van der Waals surface area contributed by atoms with Gasteiger partial charge >= 0.3 is 0 Å². The van der Waals surface area contributed by atoms with Crippen molar-refractivity contribution in [3.8, 4) is 0 Å². The van der Waals surface area contributed by atoms with Crippen LogP contribution in [0.15, 0.2) is 150 Å². The fraction of sp³-hybridized carbons (Fsp3) is 0.439. The van der Waals surface area contributed by atoms with E-state index in [9.17, 15) is 0 Å². The van der Waals surface area contributed by atoms with Gasteiger partial charge in [-0.3, -0.25) is 0 Å². The molecule has 0 spiro atoms. The Morgan fingerprint density at radius 1 is 0.471 bits per heavy atom. The van der Waals surface area contributed by atoms with Gasteiger partial charge in [-0.15, -0.1) is 0 Å². The van der Waals surface area contributed by atoms with E-state index in [1.54, 1.807) is 5.57 Å². The van der Waals surface area contributed by atoms with Crippen molar-refractivity contribution in [3.63, 3.8) is 0 Å². The zero-order chi connectivity index (χ0) is 60.9. The second-order valence-electron chi connectivity index (χ2n) is 33.5. The van der Waals surface area contributed by atoms with E-state index < -0.39 is 0 Å². The van der Waals surface area contributed by atoms with Crippen LogP contribution in [0.2, 0.25) is 0 Å². The van der Waals surface area contributed by atoms with Gasteiger partial charge in [-0.25, -0.2) is 0 Å². The molecular weight excluding hydrogens is 1050 g/mol. The van der Waals surface area contributed by atoms with E-state index in [4.69, 9.17) is 4.42 Å². The summed E-state index contributed by atoms with van der Waals surface area (Å²) < 4.78 is 8.04. The molecule has 0 bridgehead atoms. The highest BCUT2D eigenvalue weighted by atomic mass is 16.3. The van der Waals surface area contributed by atoms with Crippen molar-refractivity contribution >= 4 is 80.6 Å². The Morgan fingerprint density at radius 3 is 1.56 bits per heavy atom. The third-order valence-electron chi connectivity index (χ3n) is 24.2. The summed E-state index contributed by atoms with van der Waals surface area (Å²) in [5.74, 6) is 1.90. The molecule has 1 fully saturated rings. The summed E-state index contributed by atoms with van der Waals surface area (Å²) in [4.78, 5) is 8.02. The second-order valence-corrected chi connectivity index (χ2v) is 33.5. The zero-order valence-electron chi connectivity index (χ0n) is 55.4. The Hall–Kier alpha value is -6.72. The molecule has 2 unspecified atom stereocenters. The molecule has 6 aliphatic carbocycles. The Bertz CT molecular complexity index is 4090. The number of rotatable bonds is 6. The third kappa shape index (κ3) is 8.70. The predicted molar refractivity (Wildman–Crippen MR) is 371 cm³/mol. The summed E-state index contributed by atoms with van der Waals surface area (Å²) in [6.07, 6.45) is 22.9. The van der Waals surface area contributed by atoms with Crippen LogP contribution in [0.3, 0.4) is 0 Å². The van der Waals surface area contributed by atoms with Crippen molar-refractivity contribution in [2.45, 2.75) is 213 Å². The lowest BCUT2D eigenvalue weighted by atomic mass is 9.35. The molecule has 6 aromatic carbocycles. The first kappa shape index (κ1) is 56.8. The minimum Gasteiger partial charge on any atom is -0.472 e. The van der Waals surface area contributed by atoms with Gasteiger partial charge in [0.2, 0.25) is 0 Å². The van der Waals surface area contributed by atoms with Crippen LogP contribution in [0, 0.1) is 16.7 Å². The summed E-state index contributed by atoms with van der Waals surface area (Å²) in [6, 6.07) is 46.5. The maximum Gasteiger partial charge on any atom is 0.297 e. The number of anilines is 9. The minimum absolute atomic E-state index is 0.00377. The summed E-state index contributed by atoms with van der Waals surface area (Å²) in [7, 11) is 0. The molecule has 87 heavy (non-hydrogen) atoms. The van der Waals surface area contributed by atoms with E-state index in [0.717, 1.165) is 67.0 Å². The van der Waals surface area contributed by atoms with Crippen molar-refractivity contribution in [1.29, 1.82) is 0 Å². The average molecular weight is 1150 g/mol. The molecule has 4 nitrogen and oxygen atoms in total. The molecule has 446 valence electrons. The molecule has 8 aliphatic rings. The number of benzene rings is 6. The molecule has 15 rings (SSSR count). The van der Waals surface area contributed by atoms with Crippen LogP contribution in [0.4, 0.5) is 51.2 Å². The van der Waals surface area contributed by atoms with Gasteiger partial charge in [0.15, 0.2) is 0 Å². The van der Waals surface area contributed by atoms with Crippen LogP contribution in [-0.2, 0) is 38.9 Å². The van der Waals surface area contributed by atoms with Gasteiger partial charge in [0.1, 0.15) is 5.76 Å². The first-order chi connectivity index (χ1) is 41.1. The first-order valence-electron chi connectivity index (χ1n) is 33.5. The lowest BCUT2D eigenvalue weighted by molar-refractivity contribution is 0.119. The van der Waals surface area contributed by atoms with Crippen LogP contribution in [0.1, 0.15) is 225 Å². The molecule has 2 atom stereocenters. The summed E-state index contributed by atoms with van der Waals surface area (Å²) >= 11 is 0. The molecule has 0 amide bonds. The fourth-order valence-electron chi connectivity index (χ4n) is 17.9. The normalized spacial score (nSPS) is 23.6.